The zero-order valence-corrected chi connectivity index (χ0v) is 7.24. The Hall–Kier alpha value is -1.82. The minimum atomic E-state index is -0.915. The average molecular weight is 175 g/mol. The predicted octanol–water partition coefficient (Wildman–Crippen LogP) is 1.49. The number of rotatable bonds is 2. The van der Waals surface area contributed by atoms with E-state index in [1.807, 2.05) is 13.0 Å². The van der Waals surface area contributed by atoms with Gasteiger partial charge in [-0.1, -0.05) is 17.7 Å². The van der Waals surface area contributed by atoms with Gasteiger partial charge in [0, 0.05) is 0 Å². The second-order valence-electron chi connectivity index (χ2n) is 2.84. The van der Waals surface area contributed by atoms with Crippen molar-refractivity contribution >= 4 is 5.97 Å². The van der Waals surface area contributed by atoms with Crippen LogP contribution >= 0.6 is 0 Å². The fourth-order valence-electron chi connectivity index (χ4n) is 1.14. The maximum Gasteiger partial charge on any atom is 0.307 e. The van der Waals surface area contributed by atoms with E-state index in [0.29, 0.717) is 11.1 Å². The topological polar surface area (TPSA) is 61.1 Å². The van der Waals surface area contributed by atoms with E-state index in [9.17, 15) is 4.79 Å². The van der Waals surface area contributed by atoms with Crippen LogP contribution in [0.1, 0.15) is 16.7 Å². The molecule has 0 saturated heterocycles. The van der Waals surface area contributed by atoms with Gasteiger partial charge in [0.2, 0.25) is 0 Å². The highest BCUT2D eigenvalue weighted by Gasteiger charge is 2.05. The van der Waals surface area contributed by atoms with Crippen molar-refractivity contribution in [3.63, 3.8) is 0 Å². The Bertz CT molecular complexity index is 377. The molecule has 0 unspecified atom stereocenters. The second kappa shape index (κ2) is 3.72. The molecule has 3 nitrogen and oxygen atoms in total. The molecule has 3 heteroatoms. The summed E-state index contributed by atoms with van der Waals surface area (Å²) in [5.41, 5.74) is 1.98. The maximum absolute atomic E-state index is 10.4. The minimum absolute atomic E-state index is 0.0927. The molecule has 0 bridgehead atoms. The molecule has 0 radical (unpaired) electrons. The molecule has 0 aromatic heterocycles. The Morgan fingerprint density at radius 1 is 1.62 bits per heavy atom. The van der Waals surface area contributed by atoms with E-state index in [4.69, 9.17) is 10.4 Å². The van der Waals surface area contributed by atoms with Crippen LogP contribution in [-0.4, -0.2) is 11.1 Å². The van der Waals surface area contributed by atoms with E-state index >= 15 is 0 Å². The summed E-state index contributed by atoms with van der Waals surface area (Å²) in [6.45, 7) is 1.87. The van der Waals surface area contributed by atoms with Crippen molar-refractivity contribution in [2.24, 2.45) is 0 Å². The summed E-state index contributed by atoms with van der Waals surface area (Å²) >= 11 is 0. The summed E-state index contributed by atoms with van der Waals surface area (Å²) in [6, 6.07) is 7.14. The van der Waals surface area contributed by atoms with Crippen LogP contribution in [0.4, 0.5) is 0 Å². The molecule has 0 amide bonds. The molecule has 1 N–H and O–H groups in total. The molecule has 0 fully saturated rings. The van der Waals surface area contributed by atoms with Gasteiger partial charge in [0.05, 0.1) is 18.1 Å². The first-order valence-electron chi connectivity index (χ1n) is 3.85. The lowest BCUT2D eigenvalue weighted by Gasteiger charge is -2.01. The summed E-state index contributed by atoms with van der Waals surface area (Å²) in [6.07, 6.45) is -0.0927. The quantitative estimate of drug-likeness (QED) is 0.740. The molecule has 1 aromatic rings. The smallest absolute Gasteiger partial charge is 0.307 e. The average Bonchev–Trinajstić information content (AvgIpc) is 2.03. The van der Waals surface area contributed by atoms with Gasteiger partial charge in [-0.05, 0) is 18.6 Å². The molecule has 0 aliphatic heterocycles. The van der Waals surface area contributed by atoms with Crippen LogP contribution < -0.4 is 0 Å². The molecule has 66 valence electrons. The number of nitriles is 1. The lowest BCUT2D eigenvalue weighted by atomic mass is 10.0. The van der Waals surface area contributed by atoms with E-state index in [1.165, 1.54) is 0 Å². The van der Waals surface area contributed by atoms with Crippen molar-refractivity contribution in [3.8, 4) is 6.07 Å². The van der Waals surface area contributed by atoms with Crippen molar-refractivity contribution in [2.45, 2.75) is 13.3 Å². The highest BCUT2D eigenvalue weighted by molar-refractivity contribution is 5.71. The highest BCUT2D eigenvalue weighted by Crippen LogP contribution is 2.11. The van der Waals surface area contributed by atoms with E-state index in [1.54, 1.807) is 18.2 Å². The van der Waals surface area contributed by atoms with Gasteiger partial charge in [0.25, 0.3) is 0 Å². The van der Waals surface area contributed by atoms with Crippen LogP contribution in [0.15, 0.2) is 18.2 Å². The summed E-state index contributed by atoms with van der Waals surface area (Å²) in [4.78, 5) is 10.4. The van der Waals surface area contributed by atoms with Gasteiger partial charge in [-0.15, -0.1) is 0 Å². The fourth-order valence-corrected chi connectivity index (χ4v) is 1.14. The van der Waals surface area contributed by atoms with Crippen LogP contribution in [0.3, 0.4) is 0 Å². The Labute approximate surface area is 76.2 Å². The Balaban J connectivity index is 3.10. The second-order valence-corrected chi connectivity index (χ2v) is 2.84. The Morgan fingerprint density at radius 3 is 2.85 bits per heavy atom. The first kappa shape index (κ1) is 9.27. The highest BCUT2D eigenvalue weighted by atomic mass is 16.4. The summed E-state index contributed by atoms with van der Waals surface area (Å²) < 4.78 is 0. The monoisotopic (exact) mass is 175 g/mol. The van der Waals surface area contributed by atoms with Crippen LogP contribution in [-0.2, 0) is 11.2 Å². The fraction of sp³-hybridized carbons (Fsp3) is 0.200. The first-order valence-corrected chi connectivity index (χ1v) is 3.85. The third-order valence-corrected chi connectivity index (χ3v) is 1.72. The van der Waals surface area contributed by atoms with Crippen molar-refractivity contribution in [2.75, 3.05) is 0 Å². The predicted molar refractivity (Wildman–Crippen MR) is 47.2 cm³/mol. The van der Waals surface area contributed by atoms with Crippen LogP contribution in [0.2, 0.25) is 0 Å². The normalized spacial score (nSPS) is 9.23. The van der Waals surface area contributed by atoms with E-state index in [-0.39, 0.29) is 6.42 Å². The molecule has 1 aromatic carbocycles. The molecule has 0 heterocycles. The Morgan fingerprint density at radius 2 is 2.31 bits per heavy atom. The van der Waals surface area contributed by atoms with Crippen molar-refractivity contribution in [3.05, 3.63) is 34.9 Å². The molecule has 0 spiro atoms. The number of aliphatic carboxylic acids is 1. The number of hydrogen-bond acceptors (Lipinski definition) is 2. The number of benzene rings is 1. The number of carboxylic acids is 1. The van der Waals surface area contributed by atoms with Crippen molar-refractivity contribution in [1.29, 1.82) is 5.26 Å². The lowest BCUT2D eigenvalue weighted by molar-refractivity contribution is -0.136. The van der Waals surface area contributed by atoms with Gasteiger partial charge in [0.1, 0.15) is 0 Å². The number of nitrogens with zero attached hydrogens (tertiary/aromatic N) is 1. The van der Waals surface area contributed by atoms with Crippen LogP contribution in [0, 0.1) is 18.3 Å². The SMILES string of the molecule is Cc1ccc(C#N)c(CC(=O)O)c1. The zero-order chi connectivity index (χ0) is 9.84. The maximum atomic E-state index is 10.4. The summed E-state index contributed by atoms with van der Waals surface area (Å²) in [5.74, 6) is -0.915. The molecule has 0 aliphatic rings. The van der Waals surface area contributed by atoms with Gasteiger partial charge in [-0.3, -0.25) is 4.79 Å². The van der Waals surface area contributed by atoms with Crippen molar-refractivity contribution in [1.82, 2.24) is 0 Å². The van der Waals surface area contributed by atoms with Crippen LogP contribution in [0.5, 0.6) is 0 Å². The standard InChI is InChI=1S/C10H9NO2/c1-7-2-3-8(6-11)9(4-7)5-10(12)13/h2-4H,5H2,1H3,(H,12,13). The van der Waals surface area contributed by atoms with Gasteiger partial charge in [-0.2, -0.15) is 5.26 Å². The third kappa shape index (κ3) is 2.31. The Kier molecular flexibility index (Phi) is 2.65. The molecular formula is C10H9NO2. The lowest BCUT2D eigenvalue weighted by Crippen LogP contribution is -2.02. The molecule has 13 heavy (non-hydrogen) atoms. The van der Waals surface area contributed by atoms with E-state index in [2.05, 4.69) is 0 Å². The van der Waals surface area contributed by atoms with Crippen LogP contribution in [0.25, 0.3) is 0 Å². The number of carboxylic acid groups (broad SMARTS) is 1. The number of carbonyl (C=O) groups is 1. The molecule has 0 aliphatic carbocycles. The minimum Gasteiger partial charge on any atom is -0.481 e. The summed E-state index contributed by atoms with van der Waals surface area (Å²) in [5, 5.41) is 17.2. The van der Waals surface area contributed by atoms with Gasteiger partial charge >= 0.3 is 5.97 Å². The molecular weight excluding hydrogens is 166 g/mol. The molecule has 1 rings (SSSR count). The van der Waals surface area contributed by atoms with Gasteiger partial charge in [-0.25, -0.2) is 0 Å². The van der Waals surface area contributed by atoms with Gasteiger partial charge < -0.3 is 5.11 Å². The van der Waals surface area contributed by atoms with Gasteiger partial charge in [0.15, 0.2) is 0 Å². The first-order chi connectivity index (χ1) is 6.13. The third-order valence-electron chi connectivity index (χ3n) is 1.72. The number of aryl methyl sites for hydroxylation is 1. The zero-order valence-electron chi connectivity index (χ0n) is 7.24. The van der Waals surface area contributed by atoms with Crippen molar-refractivity contribution < 1.29 is 9.90 Å². The summed E-state index contributed by atoms with van der Waals surface area (Å²) in [7, 11) is 0. The van der Waals surface area contributed by atoms with E-state index in [0.717, 1.165) is 5.56 Å². The van der Waals surface area contributed by atoms with E-state index < -0.39 is 5.97 Å². The molecule has 0 atom stereocenters. The largest absolute Gasteiger partial charge is 0.481 e. The number of hydrogen-bond donors (Lipinski definition) is 1. The molecule has 0 saturated carbocycles.